The van der Waals surface area contributed by atoms with Gasteiger partial charge in [0.15, 0.2) is 0 Å². The van der Waals surface area contributed by atoms with Gasteiger partial charge in [-0.15, -0.1) is 0 Å². The lowest BCUT2D eigenvalue weighted by Gasteiger charge is -2.27. The van der Waals surface area contributed by atoms with Gasteiger partial charge in [-0.3, -0.25) is 0 Å². The Labute approximate surface area is 110 Å². The van der Waals surface area contributed by atoms with Gasteiger partial charge in [0.25, 0.3) is 0 Å². The highest BCUT2D eigenvalue weighted by Crippen LogP contribution is 2.38. The van der Waals surface area contributed by atoms with Crippen LogP contribution >= 0.6 is 15.9 Å². The zero-order chi connectivity index (χ0) is 11.7. The van der Waals surface area contributed by atoms with Crippen LogP contribution in [-0.2, 0) is 11.2 Å². The number of ether oxygens (including phenoxy) is 1. The van der Waals surface area contributed by atoms with Crippen LogP contribution in [0.2, 0.25) is 0 Å². The number of rotatable bonds is 1. The fourth-order valence-electron chi connectivity index (χ4n) is 2.58. The van der Waals surface area contributed by atoms with Crippen molar-refractivity contribution in [1.29, 1.82) is 0 Å². The van der Waals surface area contributed by atoms with Gasteiger partial charge in [0.05, 0.1) is 12.7 Å². The van der Waals surface area contributed by atoms with E-state index in [4.69, 9.17) is 4.74 Å². The van der Waals surface area contributed by atoms with Crippen molar-refractivity contribution in [2.24, 2.45) is 0 Å². The maximum atomic E-state index is 5.83. The molecule has 1 aliphatic carbocycles. The van der Waals surface area contributed by atoms with Gasteiger partial charge in [0.1, 0.15) is 0 Å². The van der Waals surface area contributed by atoms with Crippen molar-refractivity contribution in [2.75, 3.05) is 6.61 Å². The van der Waals surface area contributed by atoms with Crippen molar-refractivity contribution in [1.82, 2.24) is 0 Å². The molecule has 1 aliphatic heterocycles. The SMILES string of the molecule is BrC1=C(C2CC=CCO2)CCc2ccccc21. The molecule has 1 atom stereocenters. The lowest BCUT2D eigenvalue weighted by Crippen LogP contribution is -2.21. The molecule has 0 aromatic heterocycles. The number of halogens is 1. The molecule has 0 saturated carbocycles. The summed E-state index contributed by atoms with van der Waals surface area (Å²) in [5, 5.41) is 0. The van der Waals surface area contributed by atoms with E-state index in [0.717, 1.165) is 25.9 Å². The van der Waals surface area contributed by atoms with E-state index in [0.29, 0.717) is 0 Å². The molecular formula is C15H15BrO. The van der Waals surface area contributed by atoms with E-state index in [1.807, 2.05) is 0 Å². The van der Waals surface area contributed by atoms with Crippen LogP contribution in [0.5, 0.6) is 0 Å². The van der Waals surface area contributed by atoms with E-state index in [9.17, 15) is 0 Å². The molecule has 3 rings (SSSR count). The summed E-state index contributed by atoms with van der Waals surface area (Å²) in [7, 11) is 0. The first-order valence-electron chi connectivity index (χ1n) is 6.09. The quantitative estimate of drug-likeness (QED) is 0.708. The first-order chi connectivity index (χ1) is 8.36. The molecule has 0 bridgehead atoms. The molecule has 2 heteroatoms. The number of hydrogen-bond donors (Lipinski definition) is 0. The van der Waals surface area contributed by atoms with E-state index in [1.165, 1.54) is 21.2 Å². The number of hydrogen-bond acceptors (Lipinski definition) is 1. The molecule has 1 unspecified atom stereocenters. The maximum absolute atomic E-state index is 5.83. The van der Waals surface area contributed by atoms with Crippen molar-refractivity contribution in [2.45, 2.75) is 25.4 Å². The minimum absolute atomic E-state index is 0.266. The average molecular weight is 291 g/mol. The molecular weight excluding hydrogens is 276 g/mol. The summed E-state index contributed by atoms with van der Waals surface area (Å²) in [4.78, 5) is 0. The Kier molecular flexibility index (Phi) is 3.17. The van der Waals surface area contributed by atoms with Crippen LogP contribution in [0.25, 0.3) is 4.48 Å². The van der Waals surface area contributed by atoms with Crippen molar-refractivity contribution >= 4 is 20.4 Å². The van der Waals surface area contributed by atoms with Gasteiger partial charge < -0.3 is 4.74 Å². The van der Waals surface area contributed by atoms with E-state index < -0.39 is 0 Å². The van der Waals surface area contributed by atoms with Crippen LogP contribution in [0, 0.1) is 0 Å². The molecule has 1 heterocycles. The highest BCUT2D eigenvalue weighted by molar-refractivity contribution is 9.15. The van der Waals surface area contributed by atoms with Crippen molar-refractivity contribution in [3.63, 3.8) is 0 Å². The van der Waals surface area contributed by atoms with Gasteiger partial charge >= 0.3 is 0 Å². The van der Waals surface area contributed by atoms with Gasteiger partial charge in [-0.25, -0.2) is 0 Å². The first kappa shape index (κ1) is 11.2. The molecule has 0 fully saturated rings. The highest BCUT2D eigenvalue weighted by atomic mass is 79.9. The Morgan fingerprint density at radius 2 is 2.00 bits per heavy atom. The predicted octanol–water partition coefficient (Wildman–Crippen LogP) is 4.08. The zero-order valence-corrected chi connectivity index (χ0v) is 11.2. The molecule has 0 spiro atoms. The Morgan fingerprint density at radius 1 is 1.12 bits per heavy atom. The van der Waals surface area contributed by atoms with Crippen molar-refractivity contribution in [3.8, 4) is 0 Å². The monoisotopic (exact) mass is 290 g/mol. The minimum atomic E-state index is 0.266. The van der Waals surface area contributed by atoms with E-state index >= 15 is 0 Å². The number of aryl methyl sites for hydroxylation is 1. The Morgan fingerprint density at radius 3 is 2.82 bits per heavy atom. The molecule has 2 aliphatic rings. The molecule has 0 radical (unpaired) electrons. The largest absolute Gasteiger partial charge is 0.369 e. The molecule has 0 amide bonds. The summed E-state index contributed by atoms with van der Waals surface area (Å²) in [5.74, 6) is 0. The summed E-state index contributed by atoms with van der Waals surface area (Å²) in [5.41, 5.74) is 4.20. The molecule has 1 aromatic carbocycles. The lowest BCUT2D eigenvalue weighted by atomic mass is 9.88. The third-order valence-electron chi connectivity index (χ3n) is 3.50. The van der Waals surface area contributed by atoms with Crippen LogP contribution in [0.15, 0.2) is 42.0 Å². The van der Waals surface area contributed by atoms with Gasteiger partial charge in [-0.2, -0.15) is 0 Å². The van der Waals surface area contributed by atoms with Crippen molar-refractivity contribution in [3.05, 3.63) is 53.1 Å². The van der Waals surface area contributed by atoms with Crippen LogP contribution in [-0.4, -0.2) is 12.7 Å². The fraction of sp³-hybridized carbons (Fsp3) is 0.333. The van der Waals surface area contributed by atoms with Gasteiger partial charge in [-0.05, 0) is 36.0 Å². The van der Waals surface area contributed by atoms with E-state index in [-0.39, 0.29) is 6.10 Å². The van der Waals surface area contributed by atoms with Gasteiger partial charge in [0.2, 0.25) is 0 Å². The Hall–Kier alpha value is -0.860. The highest BCUT2D eigenvalue weighted by Gasteiger charge is 2.24. The molecule has 1 aromatic rings. The third-order valence-corrected chi connectivity index (χ3v) is 4.44. The Bertz CT molecular complexity index is 487. The van der Waals surface area contributed by atoms with Crippen molar-refractivity contribution < 1.29 is 4.74 Å². The van der Waals surface area contributed by atoms with Crippen LogP contribution in [0.4, 0.5) is 0 Å². The zero-order valence-electron chi connectivity index (χ0n) is 9.66. The smallest absolute Gasteiger partial charge is 0.0837 e. The normalized spacial score (nSPS) is 23.7. The summed E-state index contributed by atoms with van der Waals surface area (Å²) in [6.45, 7) is 0.746. The third kappa shape index (κ3) is 2.12. The van der Waals surface area contributed by atoms with E-state index in [2.05, 4.69) is 52.3 Å². The Balaban J connectivity index is 1.98. The van der Waals surface area contributed by atoms with E-state index in [1.54, 1.807) is 0 Å². The average Bonchev–Trinajstić information content (AvgIpc) is 2.40. The fourth-order valence-corrected chi connectivity index (χ4v) is 3.42. The minimum Gasteiger partial charge on any atom is -0.369 e. The summed E-state index contributed by atoms with van der Waals surface area (Å²) in [6, 6.07) is 8.63. The van der Waals surface area contributed by atoms with Gasteiger partial charge in [0, 0.05) is 4.48 Å². The van der Waals surface area contributed by atoms with Crippen LogP contribution in [0.3, 0.4) is 0 Å². The lowest BCUT2D eigenvalue weighted by molar-refractivity contribution is 0.0921. The summed E-state index contributed by atoms with van der Waals surface area (Å²) < 4.78 is 7.08. The molecule has 0 saturated heterocycles. The van der Waals surface area contributed by atoms with Crippen LogP contribution in [0.1, 0.15) is 24.0 Å². The second-order valence-electron chi connectivity index (χ2n) is 4.53. The topological polar surface area (TPSA) is 9.23 Å². The molecule has 0 N–H and O–H groups in total. The molecule has 1 nitrogen and oxygen atoms in total. The maximum Gasteiger partial charge on any atom is 0.0837 e. The first-order valence-corrected chi connectivity index (χ1v) is 6.89. The van der Waals surface area contributed by atoms with Gasteiger partial charge in [-0.1, -0.05) is 52.3 Å². The predicted molar refractivity (Wildman–Crippen MR) is 74.1 cm³/mol. The molecule has 17 heavy (non-hydrogen) atoms. The number of fused-ring (bicyclic) bond motifs is 1. The summed E-state index contributed by atoms with van der Waals surface area (Å²) >= 11 is 3.76. The second kappa shape index (κ2) is 4.79. The number of benzene rings is 1. The second-order valence-corrected chi connectivity index (χ2v) is 5.32. The summed E-state index contributed by atoms with van der Waals surface area (Å²) in [6.07, 6.45) is 7.83. The molecule has 88 valence electrons. The van der Waals surface area contributed by atoms with Crippen LogP contribution < -0.4 is 0 Å². The standard InChI is InChI=1S/C15H15BrO/c16-15-12-6-2-1-5-11(12)8-9-13(15)14-7-3-4-10-17-14/h1-6,14H,7-10H2.